The molecule has 3 rings (SSSR count). The maximum Gasteiger partial charge on any atom is 0.268 e. The highest BCUT2D eigenvalue weighted by atomic mass is 16.5. The van der Waals surface area contributed by atoms with E-state index in [1.54, 1.807) is 0 Å². The summed E-state index contributed by atoms with van der Waals surface area (Å²) in [4.78, 5) is 17.9. The van der Waals surface area contributed by atoms with Gasteiger partial charge in [-0.2, -0.15) is 0 Å². The monoisotopic (exact) mass is 277 g/mol. The van der Waals surface area contributed by atoms with E-state index in [4.69, 9.17) is 4.74 Å². The molecule has 1 aromatic rings. The third-order valence-electron chi connectivity index (χ3n) is 4.35. The maximum absolute atomic E-state index is 12.3. The summed E-state index contributed by atoms with van der Waals surface area (Å²) in [6, 6.07) is 4.27. The number of carbonyl (C=O) groups excluding carboxylic acids is 1. The molecular weight excluding hydrogens is 254 g/mol. The second-order valence-electron chi connectivity index (χ2n) is 5.68. The van der Waals surface area contributed by atoms with Crippen molar-refractivity contribution in [2.24, 2.45) is 0 Å². The Kier molecular flexibility index (Phi) is 4.08. The second kappa shape index (κ2) is 5.97. The molecule has 2 aliphatic rings. The summed E-state index contributed by atoms with van der Waals surface area (Å²) in [7, 11) is 0. The van der Waals surface area contributed by atoms with Crippen LogP contribution >= 0.6 is 0 Å². The predicted molar refractivity (Wildman–Crippen MR) is 76.8 cm³/mol. The summed E-state index contributed by atoms with van der Waals surface area (Å²) in [5, 5.41) is 3.12. The number of aryl methyl sites for hydroxylation is 1. The van der Waals surface area contributed by atoms with E-state index in [1.165, 1.54) is 12.8 Å². The molecule has 0 aliphatic carbocycles. The number of carbonyl (C=O) groups is 1. The van der Waals surface area contributed by atoms with E-state index < -0.39 is 0 Å². The Hall–Kier alpha value is -1.33. The average Bonchev–Trinajstić information content (AvgIpc) is 3.19. The Labute approximate surface area is 119 Å². The molecule has 0 radical (unpaired) electrons. The van der Waals surface area contributed by atoms with Crippen LogP contribution in [0.3, 0.4) is 0 Å². The first-order valence-corrected chi connectivity index (χ1v) is 7.58. The lowest BCUT2D eigenvalue weighted by Gasteiger charge is -2.27. The molecule has 0 bridgehead atoms. The molecule has 2 atom stereocenters. The molecule has 0 saturated carbocycles. The van der Waals surface area contributed by atoms with Crippen molar-refractivity contribution in [1.29, 1.82) is 0 Å². The van der Waals surface area contributed by atoms with Crippen LogP contribution < -0.4 is 5.32 Å². The molecule has 2 aliphatic heterocycles. The molecule has 2 saturated heterocycles. The van der Waals surface area contributed by atoms with Gasteiger partial charge in [0.2, 0.25) is 0 Å². The van der Waals surface area contributed by atoms with Crippen molar-refractivity contribution in [2.75, 3.05) is 26.3 Å². The highest BCUT2D eigenvalue weighted by molar-refractivity contribution is 5.92. The van der Waals surface area contributed by atoms with Crippen molar-refractivity contribution in [2.45, 2.75) is 38.3 Å². The van der Waals surface area contributed by atoms with Crippen molar-refractivity contribution < 1.29 is 9.53 Å². The third-order valence-corrected chi connectivity index (χ3v) is 4.35. The van der Waals surface area contributed by atoms with Crippen LogP contribution in [0.1, 0.15) is 35.9 Å². The van der Waals surface area contributed by atoms with Crippen LogP contribution in [-0.4, -0.2) is 54.2 Å². The number of H-pyrrole nitrogens is 1. The number of nitrogens with one attached hydrogen (secondary N) is 2. The van der Waals surface area contributed by atoms with Crippen molar-refractivity contribution in [3.63, 3.8) is 0 Å². The van der Waals surface area contributed by atoms with Crippen molar-refractivity contribution >= 4 is 5.91 Å². The molecule has 1 amide bonds. The smallest absolute Gasteiger partial charge is 0.268 e. The Balaban J connectivity index is 1.62. The number of hydrogen-bond acceptors (Lipinski definition) is 3. The number of aromatic amines is 1. The molecule has 2 fully saturated rings. The molecule has 0 spiro atoms. The molecule has 5 heteroatoms. The van der Waals surface area contributed by atoms with E-state index in [0.29, 0.717) is 18.3 Å². The van der Waals surface area contributed by atoms with Crippen LogP contribution in [-0.2, 0) is 11.2 Å². The summed E-state index contributed by atoms with van der Waals surface area (Å²) >= 11 is 0. The van der Waals surface area contributed by atoms with Crippen LogP contribution in [0.15, 0.2) is 12.1 Å². The number of aromatic nitrogens is 1. The highest BCUT2D eigenvalue weighted by Gasteiger charge is 2.35. The highest BCUT2D eigenvalue weighted by Crippen LogP contribution is 2.19. The fraction of sp³-hybridized carbons (Fsp3) is 0.667. The van der Waals surface area contributed by atoms with E-state index in [0.717, 1.165) is 31.8 Å². The minimum atomic E-state index is -0.0237. The van der Waals surface area contributed by atoms with Gasteiger partial charge < -0.3 is 15.0 Å². The number of amides is 1. The normalized spacial score (nSPS) is 27.1. The van der Waals surface area contributed by atoms with Gasteiger partial charge in [-0.3, -0.25) is 9.69 Å². The predicted octanol–water partition coefficient (Wildman–Crippen LogP) is 1.17. The average molecular weight is 277 g/mol. The van der Waals surface area contributed by atoms with Gasteiger partial charge in [0, 0.05) is 5.69 Å². The van der Waals surface area contributed by atoms with E-state index in [1.807, 2.05) is 12.1 Å². The Morgan fingerprint density at radius 3 is 2.90 bits per heavy atom. The van der Waals surface area contributed by atoms with E-state index >= 15 is 0 Å². The Morgan fingerprint density at radius 2 is 2.20 bits per heavy atom. The van der Waals surface area contributed by atoms with Crippen LogP contribution in [0.2, 0.25) is 0 Å². The molecule has 5 nitrogen and oxygen atoms in total. The minimum absolute atomic E-state index is 0.0237. The molecule has 20 heavy (non-hydrogen) atoms. The van der Waals surface area contributed by atoms with Gasteiger partial charge in [0.1, 0.15) is 5.69 Å². The second-order valence-corrected chi connectivity index (χ2v) is 5.68. The van der Waals surface area contributed by atoms with Crippen LogP contribution in [0, 0.1) is 0 Å². The van der Waals surface area contributed by atoms with Gasteiger partial charge >= 0.3 is 0 Å². The van der Waals surface area contributed by atoms with Gasteiger partial charge in [0.15, 0.2) is 0 Å². The number of nitrogens with zero attached hydrogens (tertiary/aromatic N) is 1. The van der Waals surface area contributed by atoms with Crippen LogP contribution in [0.5, 0.6) is 0 Å². The van der Waals surface area contributed by atoms with Gasteiger partial charge in [0.25, 0.3) is 5.91 Å². The SMILES string of the molecule is CCc1ccc(C(=O)N[C@H]2COC[C@@H]2N2CCCC2)[nH]1. The van der Waals surface area contributed by atoms with Crippen LogP contribution in [0.4, 0.5) is 0 Å². The standard InChI is InChI=1S/C15H23N3O2/c1-2-11-5-6-12(16-11)15(19)17-13-9-20-10-14(13)18-7-3-4-8-18/h5-6,13-14,16H,2-4,7-10H2,1H3,(H,17,19)/t13-,14-/m0/s1. The molecule has 0 aromatic carbocycles. The molecule has 2 N–H and O–H groups in total. The number of likely N-dealkylation sites (tertiary alicyclic amines) is 1. The summed E-state index contributed by atoms with van der Waals surface area (Å²) in [5.41, 5.74) is 1.74. The van der Waals surface area contributed by atoms with Crippen molar-refractivity contribution in [3.8, 4) is 0 Å². The molecule has 3 heterocycles. The summed E-state index contributed by atoms with van der Waals surface area (Å²) in [6.45, 7) is 5.68. The lowest BCUT2D eigenvalue weighted by molar-refractivity contribution is 0.0912. The Morgan fingerprint density at radius 1 is 1.40 bits per heavy atom. The zero-order valence-corrected chi connectivity index (χ0v) is 12.0. The van der Waals surface area contributed by atoms with Crippen molar-refractivity contribution in [1.82, 2.24) is 15.2 Å². The molecule has 110 valence electrons. The summed E-state index contributed by atoms with van der Waals surface area (Å²) in [5.74, 6) is -0.0237. The van der Waals surface area contributed by atoms with E-state index in [9.17, 15) is 4.79 Å². The number of rotatable bonds is 4. The Bertz CT molecular complexity index is 465. The van der Waals surface area contributed by atoms with Gasteiger partial charge in [-0.15, -0.1) is 0 Å². The van der Waals surface area contributed by atoms with E-state index in [-0.39, 0.29) is 11.9 Å². The fourth-order valence-corrected chi connectivity index (χ4v) is 3.14. The number of ether oxygens (including phenoxy) is 1. The molecule has 0 unspecified atom stereocenters. The van der Waals surface area contributed by atoms with Crippen molar-refractivity contribution in [3.05, 3.63) is 23.5 Å². The summed E-state index contributed by atoms with van der Waals surface area (Å²) in [6.07, 6.45) is 3.43. The lowest BCUT2D eigenvalue weighted by atomic mass is 10.1. The first-order chi connectivity index (χ1) is 9.78. The number of hydrogen-bond donors (Lipinski definition) is 2. The van der Waals surface area contributed by atoms with Gasteiger partial charge in [-0.25, -0.2) is 0 Å². The first-order valence-electron chi connectivity index (χ1n) is 7.58. The zero-order valence-electron chi connectivity index (χ0n) is 12.0. The third kappa shape index (κ3) is 2.74. The van der Waals surface area contributed by atoms with Gasteiger partial charge in [-0.1, -0.05) is 6.92 Å². The van der Waals surface area contributed by atoms with Gasteiger partial charge in [-0.05, 0) is 44.5 Å². The maximum atomic E-state index is 12.3. The van der Waals surface area contributed by atoms with Crippen LogP contribution in [0.25, 0.3) is 0 Å². The fourth-order valence-electron chi connectivity index (χ4n) is 3.14. The zero-order chi connectivity index (χ0) is 13.9. The minimum Gasteiger partial charge on any atom is -0.378 e. The topological polar surface area (TPSA) is 57.4 Å². The first kappa shape index (κ1) is 13.6. The quantitative estimate of drug-likeness (QED) is 0.868. The largest absolute Gasteiger partial charge is 0.378 e. The lowest BCUT2D eigenvalue weighted by Crippen LogP contribution is -2.50. The molecule has 1 aromatic heterocycles. The van der Waals surface area contributed by atoms with Gasteiger partial charge in [0.05, 0.1) is 25.3 Å². The van der Waals surface area contributed by atoms with E-state index in [2.05, 4.69) is 22.1 Å². The summed E-state index contributed by atoms with van der Waals surface area (Å²) < 4.78 is 5.58. The molecular formula is C15H23N3O2.